The number of ketones is 1. The molecule has 1 saturated heterocycles. The maximum Gasteiger partial charge on any atom is 0.140 e. The molecule has 1 N–H and O–H groups in total. The average Bonchev–Trinajstić information content (AvgIpc) is 3.20. The van der Waals surface area contributed by atoms with Gasteiger partial charge >= 0.3 is 0 Å². The Morgan fingerprint density at radius 1 is 1.24 bits per heavy atom. The zero-order chi connectivity index (χ0) is 20.4. The van der Waals surface area contributed by atoms with Crippen molar-refractivity contribution in [3.8, 4) is 0 Å². The summed E-state index contributed by atoms with van der Waals surface area (Å²) in [5.41, 5.74) is 5.18. The highest BCUT2D eigenvalue weighted by molar-refractivity contribution is 5.87. The molecular formula is C24H30N4O. The maximum atomic E-state index is 12.9. The van der Waals surface area contributed by atoms with Gasteiger partial charge in [-0.15, -0.1) is 0 Å². The first kappa shape index (κ1) is 19.6. The largest absolute Gasteiger partial charge is 0.356 e. The first-order valence-corrected chi connectivity index (χ1v) is 10.7. The summed E-state index contributed by atoms with van der Waals surface area (Å²) in [6.07, 6.45) is 5.38. The van der Waals surface area contributed by atoms with E-state index in [0.29, 0.717) is 6.42 Å². The van der Waals surface area contributed by atoms with Crippen LogP contribution in [0.1, 0.15) is 55.8 Å². The second-order valence-electron chi connectivity index (χ2n) is 8.47. The number of fused-ring (bicyclic) bond motifs is 1. The molecule has 0 aliphatic carbocycles. The van der Waals surface area contributed by atoms with E-state index in [4.69, 9.17) is 4.98 Å². The third kappa shape index (κ3) is 4.34. The van der Waals surface area contributed by atoms with Gasteiger partial charge < -0.3 is 9.88 Å². The van der Waals surface area contributed by atoms with E-state index in [0.717, 1.165) is 53.5 Å². The predicted octanol–water partition coefficient (Wildman–Crippen LogP) is 4.81. The molecule has 4 rings (SSSR count). The van der Waals surface area contributed by atoms with E-state index in [1.165, 1.54) is 18.4 Å². The van der Waals surface area contributed by atoms with Gasteiger partial charge in [0.15, 0.2) is 0 Å². The van der Waals surface area contributed by atoms with Gasteiger partial charge in [0, 0.05) is 31.1 Å². The molecule has 1 fully saturated rings. The van der Waals surface area contributed by atoms with Crippen molar-refractivity contribution in [3.05, 3.63) is 53.5 Å². The SMILES string of the molecule is Cc1ccc(CCC(=O)C(C)c2ccc3nc[nH]c3c2)c(N2CCC(C)CC2)n1. The summed E-state index contributed by atoms with van der Waals surface area (Å²) in [4.78, 5) is 27.5. The van der Waals surface area contributed by atoms with Crippen molar-refractivity contribution in [1.29, 1.82) is 0 Å². The van der Waals surface area contributed by atoms with E-state index < -0.39 is 0 Å². The topological polar surface area (TPSA) is 61.9 Å². The summed E-state index contributed by atoms with van der Waals surface area (Å²) in [5, 5.41) is 0. The van der Waals surface area contributed by atoms with Crippen LogP contribution in [0.3, 0.4) is 0 Å². The minimum absolute atomic E-state index is 0.125. The zero-order valence-electron chi connectivity index (χ0n) is 17.6. The van der Waals surface area contributed by atoms with Crippen molar-refractivity contribution in [2.45, 2.75) is 52.4 Å². The van der Waals surface area contributed by atoms with Gasteiger partial charge in [-0.05, 0) is 61.4 Å². The molecule has 5 heteroatoms. The van der Waals surface area contributed by atoms with Crippen molar-refractivity contribution in [2.24, 2.45) is 5.92 Å². The Morgan fingerprint density at radius 3 is 2.83 bits per heavy atom. The Balaban J connectivity index is 1.46. The molecule has 3 aromatic rings. The van der Waals surface area contributed by atoms with Crippen LogP contribution in [0.15, 0.2) is 36.7 Å². The molecular weight excluding hydrogens is 360 g/mol. The lowest BCUT2D eigenvalue weighted by molar-refractivity contribution is -0.120. The highest BCUT2D eigenvalue weighted by Crippen LogP contribution is 2.27. The van der Waals surface area contributed by atoms with Gasteiger partial charge in [0.25, 0.3) is 0 Å². The van der Waals surface area contributed by atoms with Gasteiger partial charge in [-0.25, -0.2) is 9.97 Å². The van der Waals surface area contributed by atoms with E-state index >= 15 is 0 Å². The molecule has 0 spiro atoms. The smallest absolute Gasteiger partial charge is 0.140 e. The first-order valence-electron chi connectivity index (χ1n) is 10.7. The van der Waals surface area contributed by atoms with Crippen LogP contribution in [0.5, 0.6) is 0 Å². The van der Waals surface area contributed by atoms with E-state index in [-0.39, 0.29) is 11.7 Å². The van der Waals surface area contributed by atoms with Crippen LogP contribution >= 0.6 is 0 Å². The van der Waals surface area contributed by atoms with Gasteiger partial charge in [0.1, 0.15) is 11.6 Å². The molecule has 0 bridgehead atoms. The fraction of sp³-hybridized carbons (Fsp3) is 0.458. The van der Waals surface area contributed by atoms with Gasteiger partial charge in [-0.3, -0.25) is 4.79 Å². The number of carbonyl (C=O) groups is 1. The van der Waals surface area contributed by atoms with Crippen LogP contribution in [-0.2, 0) is 11.2 Å². The molecule has 152 valence electrons. The fourth-order valence-electron chi connectivity index (χ4n) is 4.14. The Labute approximate surface area is 172 Å². The van der Waals surface area contributed by atoms with E-state index in [9.17, 15) is 4.79 Å². The number of benzene rings is 1. The maximum absolute atomic E-state index is 12.9. The molecule has 0 saturated carbocycles. The number of aryl methyl sites for hydroxylation is 2. The summed E-state index contributed by atoms with van der Waals surface area (Å²) in [7, 11) is 0. The molecule has 2 aromatic heterocycles. The third-order valence-corrected chi connectivity index (χ3v) is 6.25. The Morgan fingerprint density at radius 2 is 2.03 bits per heavy atom. The molecule has 29 heavy (non-hydrogen) atoms. The van der Waals surface area contributed by atoms with Crippen LogP contribution in [0.25, 0.3) is 11.0 Å². The summed E-state index contributed by atoms with van der Waals surface area (Å²) in [5.74, 6) is 2.01. The Hall–Kier alpha value is -2.69. The normalized spacial score (nSPS) is 16.3. The number of Topliss-reactive ketones (excluding diaryl/α,β-unsaturated/α-hetero) is 1. The van der Waals surface area contributed by atoms with E-state index in [2.05, 4.69) is 33.9 Å². The van der Waals surface area contributed by atoms with Crippen molar-refractivity contribution >= 4 is 22.6 Å². The monoisotopic (exact) mass is 390 g/mol. The number of H-pyrrole nitrogens is 1. The Bertz CT molecular complexity index is 1000. The summed E-state index contributed by atoms with van der Waals surface area (Å²) >= 11 is 0. The number of piperidine rings is 1. The fourth-order valence-corrected chi connectivity index (χ4v) is 4.14. The first-order chi connectivity index (χ1) is 14.0. The van der Waals surface area contributed by atoms with Crippen molar-refractivity contribution in [3.63, 3.8) is 0 Å². The number of pyridine rings is 1. The number of hydrogen-bond acceptors (Lipinski definition) is 4. The number of imidazole rings is 1. The van der Waals surface area contributed by atoms with Crippen molar-refractivity contribution in [1.82, 2.24) is 15.0 Å². The highest BCUT2D eigenvalue weighted by Gasteiger charge is 2.21. The summed E-state index contributed by atoms with van der Waals surface area (Å²) in [6.45, 7) is 8.47. The number of carbonyl (C=O) groups excluding carboxylic acids is 1. The quantitative estimate of drug-likeness (QED) is 0.656. The minimum Gasteiger partial charge on any atom is -0.356 e. The van der Waals surface area contributed by atoms with Crippen LogP contribution < -0.4 is 4.90 Å². The molecule has 0 radical (unpaired) electrons. The van der Waals surface area contributed by atoms with Gasteiger partial charge in [-0.1, -0.05) is 26.0 Å². The van der Waals surface area contributed by atoms with Gasteiger partial charge in [0.2, 0.25) is 0 Å². The second kappa shape index (κ2) is 8.36. The number of hydrogen-bond donors (Lipinski definition) is 1. The number of anilines is 1. The van der Waals surface area contributed by atoms with E-state index in [1.807, 2.05) is 32.0 Å². The number of aromatic amines is 1. The highest BCUT2D eigenvalue weighted by atomic mass is 16.1. The molecule has 1 aliphatic rings. The van der Waals surface area contributed by atoms with Gasteiger partial charge in [-0.2, -0.15) is 0 Å². The second-order valence-corrected chi connectivity index (χ2v) is 8.47. The molecule has 5 nitrogen and oxygen atoms in total. The molecule has 0 amide bonds. The molecule has 1 aliphatic heterocycles. The lowest BCUT2D eigenvalue weighted by Gasteiger charge is -2.32. The van der Waals surface area contributed by atoms with Gasteiger partial charge in [0.05, 0.1) is 17.4 Å². The van der Waals surface area contributed by atoms with Crippen LogP contribution in [0, 0.1) is 12.8 Å². The minimum atomic E-state index is -0.125. The molecule has 1 unspecified atom stereocenters. The van der Waals surface area contributed by atoms with Crippen LogP contribution in [0.4, 0.5) is 5.82 Å². The molecule has 3 heterocycles. The molecule has 1 aromatic carbocycles. The molecule has 1 atom stereocenters. The third-order valence-electron chi connectivity index (χ3n) is 6.25. The lowest BCUT2D eigenvalue weighted by Crippen LogP contribution is -2.34. The van der Waals surface area contributed by atoms with Crippen molar-refractivity contribution in [2.75, 3.05) is 18.0 Å². The summed E-state index contributed by atoms with van der Waals surface area (Å²) in [6, 6.07) is 10.2. The number of rotatable bonds is 6. The summed E-state index contributed by atoms with van der Waals surface area (Å²) < 4.78 is 0. The average molecular weight is 391 g/mol. The number of nitrogens with one attached hydrogen (secondary N) is 1. The van der Waals surface area contributed by atoms with Crippen LogP contribution in [0.2, 0.25) is 0 Å². The van der Waals surface area contributed by atoms with E-state index in [1.54, 1.807) is 6.33 Å². The van der Waals surface area contributed by atoms with Crippen LogP contribution in [-0.4, -0.2) is 33.8 Å². The lowest BCUT2D eigenvalue weighted by atomic mass is 9.92. The standard InChI is InChI=1S/C24H30N4O/c1-16-10-12-28(13-11-16)24-19(5-4-17(2)27-24)7-9-23(29)18(3)20-6-8-21-22(14-20)26-15-25-21/h4-6,8,14-16,18H,7,9-13H2,1-3H3,(H,25,26). The Kier molecular flexibility index (Phi) is 5.65. The number of nitrogens with zero attached hydrogens (tertiary/aromatic N) is 3. The zero-order valence-corrected chi connectivity index (χ0v) is 17.6. The number of aromatic nitrogens is 3. The van der Waals surface area contributed by atoms with Crippen molar-refractivity contribution < 1.29 is 4.79 Å². The predicted molar refractivity (Wildman–Crippen MR) is 117 cm³/mol.